The molecule has 0 spiro atoms. The van der Waals surface area contributed by atoms with Crippen LogP contribution in [-0.2, 0) is 21.4 Å². The lowest BCUT2D eigenvalue weighted by molar-refractivity contribution is -0.128. The van der Waals surface area contributed by atoms with E-state index < -0.39 is 15.4 Å². The summed E-state index contributed by atoms with van der Waals surface area (Å²) in [5.41, 5.74) is -0.448. The minimum absolute atomic E-state index is 0.0888. The van der Waals surface area contributed by atoms with Gasteiger partial charge in [0.1, 0.15) is 5.41 Å². The number of carbonyl (C=O) groups excluding carboxylic acids is 1. The van der Waals surface area contributed by atoms with Gasteiger partial charge in [-0.15, -0.1) is 0 Å². The summed E-state index contributed by atoms with van der Waals surface area (Å²) in [5, 5.41) is 12.1. The SMILES string of the molecule is CN(C)S(=O)(=O)c1ccccc1CNC(=O)C1(C#N)CCCC1. The van der Waals surface area contributed by atoms with Crippen LogP contribution in [-0.4, -0.2) is 32.7 Å². The second-order valence-electron chi connectivity index (χ2n) is 5.98. The number of hydrogen-bond acceptors (Lipinski definition) is 4. The first-order valence-electron chi connectivity index (χ1n) is 7.53. The summed E-state index contributed by atoms with van der Waals surface area (Å²) in [6.07, 6.45) is 2.86. The van der Waals surface area contributed by atoms with Crippen molar-refractivity contribution in [2.45, 2.75) is 37.1 Å². The molecule has 1 saturated carbocycles. The zero-order valence-corrected chi connectivity index (χ0v) is 14.2. The van der Waals surface area contributed by atoms with Crippen molar-refractivity contribution < 1.29 is 13.2 Å². The van der Waals surface area contributed by atoms with E-state index in [-0.39, 0.29) is 17.3 Å². The molecule has 0 aliphatic heterocycles. The van der Waals surface area contributed by atoms with Crippen molar-refractivity contribution >= 4 is 15.9 Å². The predicted octanol–water partition coefficient (Wildman–Crippen LogP) is 1.64. The summed E-state index contributed by atoms with van der Waals surface area (Å²) in [7, 11) is -0.646. The molecular formula is C16H21N3O3S. The van der Waals surface area contributed by atoms with E-state index in [1.165, 1.54) is 20.2 Å². The monoisotopic (exact) mass is 335 g/mol. The number of nitriles is 1. The first kappa shape index (κ1) is 17.4. The van der Waals surface area contributed by atoms with Gasteiger partial charge in [-0.3, -0.25) is 4.79 Å². The van der Waals surface area contributed by atoms with Crippen molar-refractivity contribution in [3.8, 4) is 6.07 Å². The zero-order chi connectivity index (χ0) is 17.1. The number of carbonyl (C=O) groups is 1. The first-order chi connectivity index (χ1) is 10.8. The molecule has 0 unspecified atom stereocenters. The normalized spacial score (nSPS) is 17.0. The number of sulfonamides is 1. The predicted molar refractivity (Wildman–Crippen MR) is 85.7 cm³/mol. The number of hydrogen-bond donors (Lipinski definition) is 1. The van der Waals surface area contributed by atoms with Crippen LogP contribution >= 0.6 is 0 Å². The lowest BCUT2D eigenvalue weighted by Crippen LogP contribution is -2.38. The molecule has 1 aromatic carbocycles. The molecule has 1 aliphatic carbocycles. The molecule has 0 saturated heterocycles. The summed E-state index contributed by atoms with van der Waals surface area (Å²) < 4.78 is 25.8. The number of nitrogens with one attached hydrogen (secondary N) is 1. The summed E-state index contributed by atoms with van der Waals surface area (Å²) in [4.78, 5) is 12.5. The van der Waals surface area contributed by atoms with Gasteiger partial charge in [-0.1, -0.05) is 31.0 Å². The average molecular weight is 335 g/mol. The molecule has 1 aromatic rings. The lowest BCUT2D eigenvalue weighted by Gasteiger charge is -2.20. The molecule has 2 rings (SSSR count). The maximum atomic E-state index is 12.4. The van der Waals surface area contributed by atoms with Crippen molar-refractivity contribution in [3.05, 3.63) is 29.8 Å². The Bertz CT molecular complexity index is 729. The summed E-state index contributed by atoms with van der Waals surface area (Å²) in [6, 6.07) is 8.71. The Labute approximate surface area is 137 Å². The number of rotatable bonds is 5. The largest absolute Gasteiger partial charge is 0.351 e. The topological polar surface area (TPSA) is 90.3 Å². The highest BCUT2D eigenvalue weighted by atomic mass is 32.2. The standard InChI is InChI=1S/C16H21N3O3S/c1-19(2)23(21,22)14-8-4-3-7-13(14)11-18-15(20)16(12-17)9-5-6-10-16/h3-4,7-8H,5-6,9-11H2,1-2H3,(H,18,20). The highest BCUT2D eigenvalue weighted by Gasteiger charge is 2.41. The van der Waals surface area contributed by atoms with Gasteiger partial charge in [-0.25, -0.2) is 12.7 Å². The van der Waals surface area contributed by atoms with Crippen LogP contribution < -0.4 is 5.32 Å². The molecule has 1 aliphatic rings. The highest BCUT2D eigenvalue weighted by Crippen LogP contribution is 2.37. The van der Waals surface area contributed by atoms with Crippen LogP contribution in [0.5, 0.6) is 0 Å². The molecule has 1 amide bonds. The fourth-order valence-electron chi connectivity index (χ4n) is 2.81. The van der Waals surface area contributed by atoms with E-state index in [2.05, 4.69) is 11.4 Å². The van der Waals surface area contributed by atoms with Crippen LogP contribution in [0.3, 0.4) is 0 Å². The Hall–Kier alpha value is -1.91. The van der Waals surface area contributed by atoms with Gasteiger partial charge in [0.15, 0.2) is 0 Å². The molecule has 23 heavy (non-hydrogen) atoms. The molecule has 6 nitrogen and oxygen atoms in total. The third-order valence-electron chi connectivity index (χ3n) is 4.28. The smallest absolute Gasteiger partial charge is 0.242 e. The molecule has 7 heteroatoms. The second-order valence-corrected chi connectivity index (χ2v) is 8.10. The van der Waals surface area contributed by atoms with Gasteiger partial charge in [-0.05, 0) is 24.5 Å². The third-order valence-corrected chi connectivity index (χ3v) is 6.19. The van der Waals surface area contributed by atoms with Crippen LogP contribution in [0.25, 0.3) is 0 Å². The van der Waals surface area contributed by atoms with E-state index in [0.29, 0.717) is 18.4 Å². The third kappa shape index (κ3) is 3.38. The van der Waals surface area contributed by atoms with Crippen LogP contribution in [0.15, 0.2) is 29.2 Å². The Morgan fingerprint density at radius 1 is 1.30 bits per heavy atom. The van der Waals surface area contributed by atoms with E-state index in [4.69, 9.17) is 0 Å². The van der Waals surface area contributed by atoms with Crippen LogP contribution in [0.2, 0.25) is 0 Å². The fourth-order valence-corrected chi connectivity index (χ4v) is 3.93. The molecule has 0 atom stereocenters. The number of nitrogens with zero attached hydrogens (tertiary/aromatic N) is 2. The molecule has 1 fully saturated rings. The minimum atomic E-state index is -3.58. The Morgan fingerprint density at radius 2 is 1.91 bits per heavy atom. The van der Waals surface area contributed by atoms with E-state index in [1.807, 2.05) is 0 Å². The van der Waals surface area contributed by atoms with Gasteiger partial charge in [0.05, 0.1) is 11.0 Å². The van der Waals surface area contributed by atoms with Crippen molar-refractivity contribution in [1.82, 2.24) is 9.62 Å². The molecular weight excluding hydrogens is 314 g/mol. The molecule has 0 bridgehead atoms. The van der Waals surface area contributed by atoms with E-state index >= 15 is 0 Å². The molecule has 124 valence electrons. The average Bonchev–Trinajstić information content (AvgIpc) is 3.03. The van der Waals surface area contributed by atoms with E-state index in [9.17, 15) is 18.5 Å². The quantitative estimate of drug-likeness (QED) is 0.885. The van der Waals surface area contributed by atoms with Gasteiger partial charge in [0, 0.05) is 20.6 Å². The van der Waals surface area contributed by atoms with Crippen molar-refractivity contribution in [3.63, 3.8) is 0 Å². The first-order valence-corrected chi connectivity index (χ1v) is 8.97. The minimum Gasteiger partial charge on any atom is -0.351 e. The molecule has 1 N–H and O–H groups in total. The van der Waals surface area contributed by atoms with E-state index in [0.717, 1.165) is 17.1 Å². The molecule has 0 aromatic heterocycles. The van der Waals surface area contributed by atoms with Crippen molar-refractivity contribution in [2.75, 3.05) is 14.1 Å². The van der Waals surface area contributed by atoms with Crippen LogP contribution in [0.4, 0.5) is 0 Å². The van der Waals surface area contributed by atoms with Crippen LogP contribution in [0.1, 0.15) is 31.2 Å². The summed E-state index contributed by atoms with van der Waals surface area (Å²) in [5.74, 6) is -0.311. The van der Waals surface area contributed by atoms with Gasteiger partial charge in [0.25, 0.3) is 0 Å². The molecule has 0 heterocycles. The Balaban J connectivity index is 2.19. The fraction of sp³-hybridized carbons (Fsp3) is 0.500. The van der Waals surface area contributed by atoms with Gasteiger partial charge >= 0.3 is 0 Å². The highest BCUT2D eigenvalue weighted by molar-refractivity contribution is 7.89. The summed E-state index contributed by atoms with van der Waals surface area (Å²) >= 11 is 0. The zero-order valence-electron chi connectivity index (χ0n) is 13.4. The Kier molecular flexibility index (Phi) is 5.07. The van der Waals surface area contributed by atoms with Gasteiger partial charge in [-0.2, -0.15) is 5.26 Å². The maximum Gasteiger partial charge on any atom is 0.242 e. The molecule has 0 radical (unpaired) electrons. The van der Waals surface area contributed by atoms with Crippen LogP contribution in [0, 0.1) is 16.7 Å². The number of benzene rings is 1. The van der Waals surface area contributed by atoms with Crippen molar-refractivity contribution in [2.24, 2.45) is 5.41 Å². The van der Waals surface area contributed by atoms with Gasteiger partial charge < -0.3 is 5.32 Å². The number of amides is 1. The summed E-state index contributed by atoms with van der Waals surface area (Å²) in [6.45, 7) is 0.0888. The second kappa shape index (κ2) is 6.69. The Morgan fingerprint density at radius 3 is 2.48 bits per heavy atom. The van der Waals surface area contributed by atoms with Crippen molar-refractivity contribution in [1.29, 1.82) is 5.26 Å². The lowest BCUT2D eigenvalue weighted by atomic mass is 9.87. The maximum absolute atomic E-state index is 12.4. The van der Waals surface area contributed by atoms with Gasteiger partial charge in [0.2, 0.25) is 15.9 Å². The van der Waals surface area contributed by atoms with E-state index in [1.54, 1.807) is 18.2 Å².